The van der Waals surface area contributed by atoms with E-state index in [1.54, 1.807) is 30.0 Å². The van der Waals surface area contributed by atoms with E-state index in [9.17, 15) is 4.79 Å². The average molecular weight is 250 g/mol. The predicted molar refractivity (Wildman–Crippen MR) is 69.6 cm³/mol. The van der Waals surface area contributed by atoms with Crippen molar-refractivity contribution in [1.29, 1.82) is 0 Å². The van der Waals surface area contributed by atoms with E-state index < -0.39 is 5.97 Å². The first-order valence-electron chi connectivity index (χ1n) is 5.43. The number of furan rings is 1. The van der Waals surface area contributed by atoms with Crippen LogP contribution in [0, 0.1) is 0 Å². The molecule has 0 aliphatic heterocycles. The van der Waals surface area contributed by atoms with Gasteiger partial charge in [-0.1, -0.05) is 13.8 Å². The van der Waals surface area contributed by atoms with Crippen molar-refractivity contribution in [2.24, 2.45) is 0 Å². The maximum atomic E-state index is 10.8. The quantitative estimate of drug-likeness (QED) is 0.897. The number of carboxylic acid groups (broad SMARTS) is 1. The summed E-state index contributed by atoms with van der Waals surface area (Å²) in [6.07, 6.45) is 0. The molecule has 1 aromatic heterocycles. The summed E-state index contributed by atoms with van der Waals surface area (Å²) < 4.78 is 5.64. The number of fused-ring (bicyclic) bond motifs is 1. The summed E-state index contributed by atoms with van der Waals surface area (Å²) in [4.78, 5) is 10.8. The molecule has 0 atom stereocenters. The lowest BCUT2D eigenvalue weighted by Crippen LogP contribution is -1.94. The Bertz CT molecular complexity index is 543. The van der Waals surface area contributed by atoms with Gasteiger partial charge in [0.15, 0.2) is 0 Å². The van der Waals surface area contributed by atoms with Gasteiger partial charge in [-0.05, 0) is 29.5 Å². The molecule has 4 heteroatoms. The second kappa shape index (κ2) is 4.84. The monoisotopic (exact) mass is 250 g/mol. The third kappa shape index (κ3) is 2.82. The van der Waals surface area contributed by atoms with E-state index in [0.717, 1.165) is 22.5 Å². The molecule has 2 rings (SSSR count). The molecule has 0 amide bonds. The van der Waals surface area contributed by atoms with Crippen LogP contribution in [0.2, 0.25) is 0 Å². The molecule has 0 saturated heterocycles. The highest BCUT2D eigenvalue weighted by molar-refractivity contribution is 7.99. The zero-order valence-corrected chi connectivity index (χ0v) is 10.6. The van der Waals surface area contributed by atoms with E-state index in [1.807, 2.05) is 6.07 Å². The smallest absolute Gasteiger partial charge is 0.335 e. The first-order chi connectivity index (χ1) is 8.06. The van der Waals surface area contributed by atoms with E-state index in [0.29, 0.717) is 10.8 Å². The van der Waals surface area contributed by atoms with Crippen molar-refractivity contribution < 1.29 is 14.3 Å². The van der Waals surface area contributed by atoms with Crippen molar-refractivity contribution in [1.82, 2.24) is 0 Å². The summed E-state index contributed by atoms with van der Waals surface area (Å²) in [5.41, 5.74) is 1.04. The summed E-state index contributed by atoms with van der Waals surface area (Å²) in [6.45, 7) is 4.27. The van der Waals surface area contributed by atoms with Gasteiger partial charge in [-0.3, -0.25) is 0 Å². The minimum atomic E-state index is -0.911. The molecule has 0 aliphatic rings. The van der Waals surface area contributed by atoms with Crippen molar-refractivity contribution in [3.05, 3.63) is 35.6 Å². The van der Waals surface area contributed by atoms with Gasteiger partial charge in [0.05, 0.1) is 11.3 Å². The highest BCUT2D eigenvalue weighted by Gasteiger charge is 2.08. The van der Waals surface area contributed by atoms with E-state index >= 15 is 0 Å². The Balaban J connectivity index is 2.27. The lowest BCUT2D eigenvalue weighted by molar-refractivity contribution is 0.0697. The van der Waals surface area contributed by atoms with Crippen LogP contribution < -0.4 is 0 Å². The summed E-state index contributed by atoms with van der Waals surface area (Å²) in [5.74, 6) is 0.793. The largest absolute Gasteiger partial charge is 0.478 e. The van der Waals surface area contributed by atoms with Crippen LogP contribution in [0.15, 0.2) is 28.7 Å². The van der Waals surface area contributed by atoms with Crippen LogP contribution in [-0.2, 0) is 5.75 Å². The van der Waals surface area contributed by atoms with Crippen LogP contribution >= 0.6 is 11.8 Å². The first kappa shape index (κ1) is 12.0. The number of carboxylic acids is 1. The zero-order chi connectivity index (χ0) is 12.4. The molecule has 0 unspecified atom stereocenters. The van der Waals surface area contributed by atoms with Gasteiger partial charge in [0.2, 0.25) is 0 Å². The molecular weight excluding hydrogens is 236 g/mol. The molecule has 0 bridgehead atoms. The van der Waals surface area contributed by atoms with Gasteiger partial charge in [0.25, 0.3) is 0 Å². The van der Waals surface area contributed by atoms with Crippen LogP contribution in [0.1, 0.15) is 30.0 Å². The number of thioether (sulfide) groups is 1. The van der Waals surface area contributed by atoms with Crippen molar-refractivity contribution in [2.45, 2.75) is 24.9 Å². The van der Waals surface area contributed by atoms with Crippen LogP contribution in [0.5, 0.6) is 0 Å². The maximum Gasteiger partial charge on any atom is 0.335 e. The molecular formula is C13H14O3S. The Morgan fingerprint density at radius 3 is 2.82 bits per heavy atom. The lowest BCUT2D eigenvalue weighted by Gasteiger charge is -2.00. The Morgan fingerprint density at radius 1 is 1.41 bits per heavy atom. The minimum absolute atomic E-state index is 0.293. The van der Waals surface area contributed by atoms with Crippen LogP contribution in [0.4, 0.5) is 0 Å². The van der Waals surface area contributed by atoms with Gasteiger partial charge in [-0.25, -0.2) is 4.79 Å². The fraction of sp³-hybridized carbons (Fsp3) is 0.308. The summed E-state index contributed by atoms with van der Waals surface area (Å²) >= 11 is 1.80. The molecule has 2 aromatic rings. The molecule has 90 valence electrons. The molecule has 0 radical (unpaired) electrons. The summed E-state index contributed by atoms with van der Waals surface area (Å²) in [5, 5.41) is 10.3. The number of carbonyl (C=O) groups is 1. The number of hydrogen-bond acceptors (Lipinski definition) is 3. The van der Waals surface area contributed by atoms with E-state index in [-0.39, 0.29) is 0 Å². The minimum Gasteiger partial charge on any atom is -0.478 e. The molecule has 1 N–H and O–H groups in total. The van der Waals surface area contributed by atoms with Gasteiger partial charge in [-0.2, -0.15) is 11.8 Å². The fourth-order valence-electron chi connectivity index (χ4n) is 1.55. The number of benzene rings is 1. The highest BCUT2D eigenvalue weighted by Crippen LogP contribution is 2.25. The Morgan fingerprint density at radius 2 is 2.18 bits per heavy atom. The number of aromatic carboxylic acids is 1. The van der Waals surface area contributed by atoms with Crippen molar-refractivity contribution in [3.63, 3.8) is 0 Å². The maximum absolute atomic E-state index is 10.8. The molecule has 17 heavy (non-hydrogen) atoms. The third-order valence-corrected chi connectivity index (χ3v) is 3.49. The van der Waals surface area contributed by atoms with Crippen molar-refractivity contribution in [3.8, 4) is 0 Å². The molecule has 0 spiro atoms. The Hall–Kier alpha value is -1.42. The topological polar surface area (TPSA) is 50.4 Å². The second-order valence-electron chi connectivity index (χ2n) is 4.13. The normalized spacial score (nSPS) is 11.2. The third-order valence-electron chi connectivity index (χ3n) is 2.37. The lowest BCUT2D eigenvalue weighted by atomic mass is 10.1. The highest BCUT2D eigenvalue weighted by atomic mass is 32.2. The molecule has 0 fully saturated rings. The van der Waals surface area contributed by atoms with Gasteiger partial charge >= 0.3 is 5.97 Å². The van der Waals surface area contributed by atoms with Gasteiger partial charge in [-0.15, -0.1) is 0 Å². The summed E-state index contributed by atoms with van der Waals surface area (Å²) in [6, 6.07) is 6.83. The average Bonchev–Trinajstić information content (AvgIpc) is 2.67. The van der Waals surface area contributed by atoms with Gasteiger partial charge < -0.3 is 9.52 Å². The molecule has 0 aliphatic carbocycles. The fourth-order valence-corrected chi connectivity index (χ4v) is 2.19. The van der Waals surface area contributed by atoms with E-state index in [1.165, 1.54) is 0 Å². The van der Waals surface area contributed by atoms with E-state index in [4.69, 9.17) is 9.52 Å². The van der Waals surface area contributed by atoms with Crippen LogP contribution in [0.3, 0.4) is 0 Å². The molecule has 1 aromatic carbocycles. The molecule has 0 saturated carbocycles. The van der Waals surface area contributed by atoms with Crippen LogP contribution in [0.25, 0.3) is 11.0 Å². The summed E-state index contributed by atoms with van der Waals surface area (Å²) in [7, 11) is 0. The molecule has 1 heterocycles. The van der Waals surface area contributed by atoms with Crippen LogP contribution in [-0.4, -0.2) is 16.3 Å². The number of rotatable bonds is 4. The standard InChI is InChI=1S/C13H14O3S/c1-8(2)17-7-11-6-10-5-9(13(14)15)3-4-12(10)16-11/h3-6,8H,7H2,1-2H3,(H,14,15). The van der Waals surface area contributed by atoms with Crippen molar-refractivity contribution >= 4 is 28.7 Å². The number of hydrogen-bond donors (Lipinski definition) is 1. The molecule has 3 nitrogen and oxygen atoms in total. The van der Waals surface area contributed by atoms with Crippen molar-refractivity contribution in [2.75, 3.05) is 0 Å². The predicted octanol–water partition coefficient (Wildman–Crippen LogP) is 3.77. The Kier molecular flexibility index (Phi) is 3.43. The van der Waals surface area contributed by atoms with Gasteiger partial charge in [0.1, 0.15) is 11.3 Å². The zero-order valence-electron chi connectivity index (χ0n) is 9.77. The SMILES string of the molecule is CC(C)SCc1cc2cc(C(=O)O)ccc2o1. The Labute approximate surface area is 104 Å². The first-order valence-corrected chi connectivity index (χ1v) is 6.48. The second-order valence-corrected chi connectivity index (χ2v) is 5.70. The van der Waals surface area contributed by atoms with E-state index in [2.05, 4.69) is 13.8 Å². The van der Waals surface area contributed by atoms with Gasteiger partial charge in [0, 0.05) is 5.39 Å².